The molecule has 0 saturated carbocycles. The molecule has 0 aliphatic rings. The molecule has 0 fully saturated rings. The first-order valence-electron chi connectivity index (χ1n) is 7.65. The Labute approximate surface area is 168 Å². The van der Waals surface area contributed by atoms with Crippen LogP contribution in [0.2, 0.25) is 0 Å². The number of carbonyl (C=O) groups excluding carboxylic acids is 1. The van der Waals surface area contributed by atoms with Gasteiger partial charge in [0.1, 0.15) is 12.4 Å². The van der Waals surface area contributed by atoms with Crippen LogP contribution in [0.4, 0.5) is 5.69 Å². The third kappa shape index (κ3) is 5.06. The van der Waals surface area contributed by atoms with Crippen molar-refractivity contribution in [1.29, 1.82) is 0 Å². The number of hydrogen-bond donors (Lipinski definition) is 1. The number of amides is 1. The monoisotopic (exact) mass is 507 g/mol. The number of halogens is 2. The van der Waals surface area contributed by atoms with E-state index in [0.717, 1.165) is 19.3 Å². The molecule has 0 radical (unpaired) electrons. The molecule has 126 valence electrons. The lowest BCUT2D eigenvalue weighted by atomic mass is 10.2. The van der Waals surface area contributed by atoms with E-state index in [1.807, 2.05) is 60.7 Å². The average Bonchev–Trinajstić information content (AvgIpc) is 2.63. The van der Waals surface area contributed by atoms with E-state index in [9.17, 15) is 4.79 Å². The van der Waals surface area contributed by atoms with Crippen LogP contribution in [-0.2, 0) is 6.61 Å². The van der Waals surface area contributed by atoms with Gasteiger partial charge in [-0.2, -0.15) is 0 Å². The summed E-state index contributed by atoms with van der Waals surface area (Å²) in [5.74, 6) is 0.507. The zero-order valence-electron chi connectivity index (χ0n) is 13.2. The fourth-order valence-electron chi connectivity index (χ4n) is 2.25. The highest BCUT2D eigenvalue weighted by Gasteiger charge is 2.09. The summed E-state index contributed by atoms with van der Waals surface area (Å²) in [6.07, 6.45) is 0. The summed E-state index contributed by atoms with van der Waals surface area (Å²) in [6.45, 7) is 0.469. The van der Waals surface area contributed by atoms with E-state index in [2.05, 4.69) is 43.8 Å². The van der Waals surface area contributed by atoms with Crippen molar-refractivity contribution in [2.75, 3.05) is 5.32 Å². The Hall–Kier alpha value is -1.86. The molecule has 5 heteroatoms. The molecule has 0 aromatic heterocycles. The second-order valence-corrected chi connectivity index (χ2v) is 7.46. The minimum atomic E-state index is -0.162. The van der Waals surface area contributed by atoms with E-state index in [1.165, 1.54) is 0 Å². The van der Waals surface area contributed by atoms with E-state index in [1.54, 1.807) is 12.1 Å². The number of hydrogen-bond acceptors (Lipinski definition) is 2. The van der Waals surface area contributed by atoms with Crippen LogP contribution in [0.5, 0.6) is 5.75 Å². The van der Waals surface area contributed by atoms with Crippen LogP contribution >= 0.6 is 38.5 Å². The SMILES string of the molecule is O=C(Nc1ccc(Br)cc1I)c1cccc(OCc2ccccc2)c1. The van der Waals surface area contributed by atoms with Crippen LogP contribution in [-0.4, -0.2) is 5.91 Å². The third-order valence-corrected chi connectivity index (χ3v) is 4.91. The van der Waals surface area contributed by atoms with Crippen LogP contribution in [0, 0.1) is 3.57 Å². The van der Waals surface area contributed by atoms with Gasteiger partial charge in [0.25, 0.3) is 5.91 Å². The molecule has 0 spiro atoms. The Morgan fingerprint density at radius 3 is 2.56 bits per heavy atom. The van der Waals surface area contributed by atoms with Gasteiger partial charge in [0.15, 0.2) is 0 Å². The van der Waals surface area contributed by atoms with Gasteiger partial charge < -0.3 is 10.1 Å². The van der Waals surface area contributed by atoms with E-state index >= 15 is 0 Å². The number of anilines is 1. The van der Waals surface area contributed by atoms with Gasteiger partial charge in [0, 0.05) is 13.6 Å². The van der Waals surface area contributed by atoms with Gasteiger partial charge in [-0.3, -0.25) is 4.79 Å². The van der Waals surface area contributed by atoms with Gasteiger partial charge in [-0.15, -0.1) is 0 Å². The topological polar surface area (TPSA) is 38.3 Å². The summed E-state index contributed by atoms with van der Waals surface area (Å²) in [7, 11) is 0. The Morgan fingerprint density at radius 1 is 1.00 bits per heavy atom. The fourth-order valence-corrected chi connectivity index (χ4v) is 3.69. The smallest absolute Gasteiger partial charge is 0.255 e. The highest BCUT2D eigenvalue weighted by atomic mass is 127. The molecular weight excluding hydrogens is 493 g/mol. The first-order valence-corrected chi connectivity index (χ1v) is 9.52. The Bertz CT molecular complexity index is 884. The van der Waals surface area contributed by atoms with Gasteiger partial charge in [-0.25, -0.2) is 0 Å². The van der Waals surface area contributed by atoms with Crippen molar-refractivity contribution in [1.82, 2.24) is 0 Å². The van der Waals surface area contributed by atoms with Gasteiger partial charge in [-0.05, 0) is 64.6 Å². The zero-order chi connectivity index (χ0) is 17.6. The van der Waals surface area contributed by atoms with Crippen molar-refractivity contribution in [3.05, 3.63) is 92.0 Å². The second-order valence-electron chi connectivity index (χ2n) is 5.38. The maximum atomic E-state index is 12.5. The molecular formula is C20H15BrINO2. The van der Waals surface area contributed by atoms with Crippen LogP contribution in [0.1, 0.15) is 15.9 Å². The molecule has 0 bridgehead atoms. The molecule has 0 aliphatic carbocycles. The second kappa shape index (κ2) is 8.49. The maximum absolute atomic E-state index is 12.5. The van der Waals surface area contributed by atoms with Crippen molar-refractivity contribution in [3.63, 3.8) is 0 Å². The molecule has 3 aromatic carbocycles. The first-order chi connectivity index (χ1) is 12.1. The molecule has 3 nitrogen and oxygen atoms in total. The van der Waals surface area contributed by atoms with E-state index in [0.29, 0.717) is 17.9 Å². The molecule has 0 atom stereocenters. The van der Waals surface area contributed by atoms with Crippen molar-refractivity contribution in [2.45, 2.75) is 6.61 Å². The molecule has 1 N–H and O–H groups in total. The summed E-state index contributed by atoms with van der Waals surface area (Å²) < 4.78 is 7.73. The Morgan fingerprint density at radius 2 is 1.80 bits per heavy atom. The van der Waals surface area contributed by atoms with Crippen molar-refractivity contribution < 1.29 is 9.53 Å². The molecule has 0 aliphatic heterocycles. The van der Waals surface area contributed by atoms with E-state index < -0.39 is 0 Å². The molecule has 0 saturated heterocycles. The van der Waals surface area contributed by atoms with Crippen LogP contribution in [0.3, 0.4) is 0 Å². The Kier molecular flexibility index (Phi) is 6.09. The number of rotatable bonds is 5. The number of benzene rings is 3. The molecule has 3 aromatic rings. The lowest BCUT2D eigenvalue weighted by Gasteiger charge is -2.10. The third-order valence-electron chi connectivity index (χ3n) is 3.52. The average molecular weight is 508 g/mol. The standard InChI is InChI=1S/C20H15BrINO2/c21-16-9-10-19(18(22)12-16)23-20(24)15-7-4-8-17(11-15)25-13-14-5-2-1-3-6-14/h1-12H,13H2,(H,23,24). The lowest BCUT2D eigenvalue weighted by Crippen LogP contribution is -2.13. The quantitative estimate of drug-likeness (QED) is 0.437. The minimum Gasteiger partial charge on any atom is -0.489 e. The maximum Gasteiger partial charge on any atom is 0.255 e. The normalized spacial score (nSPS) is 10.3. The van der Waals surface area contributed by atoms with E-state index in [-0.39, 0.29) is 5.91 Å². The fraction of sp³-hybridized carbons (Fsp3) is 0.0500. The summed E-state index contributed by atoms with van der Waals surface area (Å²) in [5, 5.41) is 2.93. The Balaban J connectivity index is 1.69. The minimum absolute atomic E-state index is 0.162. The largest absolute Gasteiger partial charge is 0.489 e. The van der Waals surface area contributed by atoms with E-state index in [4.69, 9.17) is 4.74 Å². The molecule has 0 heterocycles. The highest BCUT2D eigenvalue weighted by Crippen LogP contribution is 2.24. The van der Waals surface area contributed by atoms with Gasteiger partial charge in [0.2, 0.25) is 0 Å². The molecule has 1 amide bonds. The van der Waals surface area contributed by atoms with Gasteiger partial charge in [0.05, 0.1) is 5.69 Å². The predicted molar refractivity (Wildman–Crippen MR) is 112 cm³/mol. The lowest BCUT2D eigenvalue weighted by molar-refractivity contribution is 0.102. The van der Waals surface area contributed by atoms with Crippen LogP contribution < -0.4 is 10.1 Å². The predicted octanol–water partition coefficient (Wildman–Crippen LogP) is 5.89. The number of ether oxygens (including phenoxy) is 1. The van der Waals surface area contributed by atoms with Crippen molar-refractivity contribution >= 4 is 50.1 Å². The first kappa shape index (κ1) is 17.9. The number of carbonyl (C=O) groups is 1. The summed E-state index contributed by atoms with van der Waals surface area (Å²) in [4.78, 5) is 12.5. The van der Waals surface area contributed by atoms with Gasteiger partial charge >= 0.3 is 0 Å². The van der Waals surface area contributed by atoms with Crippen molar-refractivity contribution in [3.8, 4) is 5.75 Å². The summed E-state index contributed by atoms with van der Waals surface area (Å²) in [5.41, 5.74) is 2.43. The van der Waals surface area contributed by atoms with Crippen molar-refractivity contribution in [2.24, 2.45) is 0 Å². The summed E-state index contributed by atoms with van der Waals surface area (Å²) >= 11 is 5.62. The number of nitrogens with one attached hydrogen (secondary N) is 1. The highest BCUT2D eigenvalue weighted by molar-refractivity contribution is 14.1. The summed E-state index contributed by atoms with van der Waals surface area (Å²) in [6, 6.07) is 22.9. The van der Waals surface area contributed by atoms with Gasteiger partial charge in [-0.1, -0.05) is 52.3 Å². The zero-order valence-corrected chi connectivity index (χ0v) is 17.0. The molecule has 0 unspecified atom stereocenters. The molecule has 25 heavy (non-hydrogen) atoms. The van der Waals surface area contributed by atoms with Crippen LogP contribution in [0.15, 0.2) is 77.3 Å². The molecule has 3 rings (SSSR count). The van der Waals surface area contributed by atoms with Crippen LogP contribution in [0.25, 0.3) is 0 Å².